The Morgan fingerprint density at radius 2 is 2.20 bits per heavy atom. The number of carbonyl (C=O) groups is 1. The Balaban J connectivity index is 1.31. The molecule has 1 atom stereocenters. The lowest BCUT2D eigenvalue weighted by atomic mass is 9.88. The topological polar surface area (TPSA) is 82.8 Å². The van der Waals surface area contributed by atoms with Gasteiger partial charge in [0, 0.05) is 31.6 Å². The molecular weight excluding hydrogens is 398 g/mol. The maximum absolute atomic E-state index is 12.8. The zero-order valence-electron chi connectivity index (χ0n) is 17.6. The van der Waals surface area contributed by atoms with E-state index in [0.29, 0.717) is 18.3 Å². The zero-order chi connectivity index (χ0) is 20.8. The highest BCUT2D eigenvalue weighted by Gasteiger charge is 2.31. The van der Waals surface area contributed by atoms with Crippen LogP contribution in [0.15, 0.2) is 33.2 Å². The third-order valence-corrected chi connectivity index (χ3v) is 6.68. The molecular formula is C22H31N5O2S. The molecule has 1 unspecified atom stereocenters. The number of nitrogens with one attached hydrogen (secondary N) is 2. The standard InChI is InChI=1S/C22H31N5O2S/c1-2-23-22(24-13-18-15-29-20(25-18)19-9-6-12-30-19)26-17-10-11-27(14-17)21(28)16-7-4-3-5-8-16/h6,9,12,15-17H,2-5,7-8,10-11,13-14H2,1H3,(H2,23,24,26). The van der Waals surface area contributed by atoms with Gasteiger partial charge in [0.15, 0.2) is 5.96 Å². The van der Waals surface area contributed by atoms with Crippen LogP contribution >= 0.6 is 11.3 Å². The van der Waals surface area contributed by atoms with Crippen molar-refractivity contribution < 1.29 is 9.21 Å². The van der Waals surface area contributed by atoms with Crippen molar-refractivity contribution in [3.63, 3.8) is 0 Å². The predicted octanol–water partition coefficient (Wildman–Crippen LogP) is 3.64. The van der Waals surface area contributed by atoms with Crippen LogP contribution in [0, 0.1) is 5.92 Å². The Morgan fingerprint density at radius 1 is 1.33 bits per heavy atom. The van der Waals surface area contributed by atoms with Crippen LogP contribution in [0.25, 0.3) is 10.8 Å². The van der Waals surface area contributed by atoms with E-state index in [-0.39, 0.29) is 12.0 Å². The molecule has 0 aromatic carbocycles. The fourth-order valence-corrected chi connectivity index (χ4v) is 4.91. The van der Waals surface area contributed by atoms with Crippen LogP contribution in [-0.2, 0) is 11.3 Å². The molecule has 0 radical (unpaired) electrons. The maximum atomic E-state index is 12.8. The molecule has 162 valence electrons. The third-order valence-electron chi connectivity index (χ3n) is 5.82. The summed E-state index contributed by atoms with van der Waals surface area (Å²) in [4.78, 5) is 25.1. The number of likely N-dealkylation sites (tertiary alicyclic amines) is 1. The number of hydrogen-bond acceptors (Lipinski definition) is 5. The lowest BCUT2D eigenvalue weighted by Crippen LogP contribution is -2.45. The summed E-state index contributed by atoms with van der Waals surface area (Å²) in [6.45, 7) is 4.87. The van der Waals surface area contributed by atoms with Gasteiger partial charge >= 0.3 is 0 Å². The summed E-state index contributed by atoms with van der Waals surface area (Å²) < 4.78 is 5.58. The number of thiophene rings is 1. The van der Waals surface area contributed by atoms with E-state index in [1.807, 2.05) is 22.4 Å². The first-order valence-electron chi connectivity index (χ1n) is 11.0. The number of aliphatic imine (C=N–C) groups is 1. The Kier molecular flexibility index (Phi) is 7.04. The van der Waals surface area contributed by atoms with Crippen molar-refractivity contribution in [2.24, 2.45) is 10.9 Å². The number of rotatable bonds is 6. The van der Waals surface area contributed by atoms with Crippen LogP contribution < -0.4 is 10.6 Å². The molecule has 2 N–H and O–H groups in total. The second kappa shape index (κ2) is 10.1. The molecule has 1 saturated heterocycles. The number of guanidine groups is 1. The normalized spacial score (nSPS) is 20.5. The van der Waals surface area contributed by atoms with Crippen molar-refractivity contribution >= 4 is 23.2 Å². The highest BCUT2D eigenvalue weighted by atomic mass is 32.1. The fraction of sp³-hybridized carbons (Fsp3) is 0.591. The van der Waals surface area contributed by atoms with E-state index in [9.17, 15) is 4.79 Å². The van der Waals surface area contributed by atoms with E-state index in [1.165, 1.54) is 19.3 Å². The second-order valence-electron chi connectivity index (χ2n) is 8.07. The summed E-state index contributed by atoms with van der Waals surface area (Å²) in [5, 5.41) is 8.81. The van der Waals surface area contributed by atoms with Gasteiger partial charge in [0.2, 0.25) is 11.8 Å². The predicted molar refractivity (Wildman–Crippen MR) is 119 cm³/mol. The van der Waals surface area contributed by atoms with Gasteiger partial charge in [-0.15, -0.1) is 11.3 Å². The number of hydrogen-bond donors (Lipinski definition) is 2. The number of oxazole rings is 1. The average Bonchev–Trinajstić information content (AvgIpc) is 3.54. The minimum Gasteiger partial charge on any atom is -0.443 e. The quantitative estimate of drug-likeness (QED) is 0.541. The molecule has 0 spiro atoms. The molecule has 7 nitrogen and oxygen atoms in total. The molecule has 1 aliphatic carbocycles. The largest absolute Gasteiger partial charge is 0.443 e. The van der Waals surface area contributed by atoms with E-state index < -0.39 is 0 Å². The Labute approximate surface area is 182 Å². The van der Waals surface area contributed by atoms with E-state index in [4.69, 9.17) is 4.42 Å². The molecule has 2 aliphatic rings. The summed E-state index contributed by atoms with van der Waals surface area (Å²) in [6, 6.07) is 4.21. The Hall–Kier alpha value is -2.35. The van der Waals surface area contributed by atoms with Crippen molar-refractivity contribution in [1.82, 2.24) is 20.5 Å². The fourth-order valence-electron chi connectivity index (χ4n) is 4.25. The van der Waals surface area contributed by atoms with Gasteiger partial charge in [-0.25, -0.2) is 9.98 Å². The summed E-state index contributed by atoms with van der Waals surface area (Å²) in [6.07, 6.45) is 8.40. The van der Waals surface area contributed by atoms with Crippen molar-refractivity contribution in [2.45, 2.75) is 58.0 Å². The number of aromatic nitrogens is 1. The Bertz CT molecular complexity index is 842. The van der Waals surface area contributed by atoms with E-state index >= 15 is 0 Å². The number of amides is 1. The van der Waals surface area contributed by atoms with Crippen molar-refractivity contribution in [3.05, 3.63) is 29.5 Å². The van der Waals surface area contributed by atoms with E-state index in [2.05, 4.69) is 27.5 Å². The zero-order valence-corrected chi connectivity index (χ0v) is 18.4. The minimum atomic E-state index is 0.231. The smallest absolute Gasteiger partial charge is 0.236 e. The molecule has 3 heterocycles. The number of nitrogens with zero attached hydrogens (tertiary/aromatic N) is 3. The highest BCUT2D eigenvalue weighted by molar-refractivity contribution is 7.13. The third kappa shape index (κ3) is 5.22. The van der Waals surface area contributed by atoms with E-state index in [0.717, 1.165) is 55.4 Å². The average molecular weight is 430 g/mol. The molecule has 2 aromatic rings. The first-order valence-corrected chi connectivity index (χ1v) is 11.9. The van der Waals surface area contributed by atoms with Gasteiger partial charge in [-0.3, -0.25) is 4.79 Å². The minimum absolute atomic E-state index is 0.231. The van der Waals surface area contributed by atoms with Gasteiger partial charge in [-0.1, -0.05) is 25.3 Å². The van der Waals surface area contributed by atoms with Crippen LogP contribution in [0.3, 0.4) is 0 Å². The molecule has 4 rings (SSSR count). The molecule has 2 aromatic heterocycles. The van der Waals surface area contributed by atoms with Crippen LogP contribution in [0.1, 0.15) is 51.1 Å². The van der Waals surface area contributed by atoms with Crippen molar-refractivity contribution in [3.8, 4) is 10.8 Å². The monoisotopic (exact) mass is 429 g/mol. The van der Waals surface area contributed by atoms with Gasteiger partial charge < -0.3 is 20.0 Å². The highest BCUT2D eigenvalue weighted by Crippen LogP contribution is 2.27. The van der Waals surface area contributed by atoms with Crippen molar-refractivity contribution in [1.29, 1.82) is 0 Å². The van der Waals surface area contributed by atoms with Gasteiger partial charge in [0.05, 0.1) is 11.4 Å². The summed E-state index contributed by atoms with van der Waals surface area (Å²) in [7, 11) is 0. The molecule has 1 amide bonds. The van der Waals surface area contributed by atoms with Gasteiger partial charge in [0.1, 0.15) is 12.0 Å². The molecule has 2 fully saturated rings. The van der Waals surface area contributed by atoms with Crippen LogP contribution in [-0.4, -0.2) is 47.4 Å². The molecule has 1 aliphatic heterocycles. The SMILES string of the molecule is CCNC(=NCc1coc(-c2cccs2)n1)NC1CCN(C(=O)C2CCCCC2)C1. The second-order valence-corrected chi connectivity index (χ2v) is 9.01. The summed E-state index contributed by atoms with van der Waals surface area (Å²) >= 11 is 1.61. The van der Waals surface area contributed by atoms with Gasteiger partial charge in [0.25, 0.3) is 0 Å². The Morgan fingerprint density at radius 3 is 2.97 bits per heavy atom. The maximum Gasteiger partial charge on any atom is 0.236 e. The van der Waals surface area contributed by atoms with Crippen LogP contribution in [0.2, 0.25) is 0 Å². The van der Waals surface area contributed by atoms with Gasteiger partial charge in [-0.2, -0.15) is 0 Å². The lowest BCUT2D eigenvalue weighted by Gasteiger charge is -2.26. The van der Waals surface area contributed by atoms with Crippen LogP contribution in [0.4, 0.5) is 0 Å². The molecule has 1 saturated carbocycles. The molecule has 0 bridgehead atoms. The van der Waals surface area contributed by atoms with Gasteiger partial charge in [-0.05, 0) is 37.6 Å². The first-order chi connectivity index (χ1) is 14.7. The molecule has 30 heavy (non-hydrogen) atoms. The summed E-state index contributed by atoms with van der Waals surface area (Å²) in [5.41, 5.74) is 0.802. The summed E-state index contributed by atoms with van der Waals surface area (Å²) in [5.74, 6) is 1.99. The first kappa shape index (κ1) is 20.9. The van der Waals surface area contributed by atoms with Crippen LogP contribution in [0.5, 0.6) is 0 Å². The van der Waals surface area contributed by atoms with Crippen molar-refractivity contribution in [2.75, 3.05) is 19.6 Å². The van der Waals surface area contributed by atoms with E-state index in [1.54, 1.807) is 17.6 Å². The lowest BCUT2D eigenvalue weighted by molar-refractivity contribution is -0.135. The molecule has 8 heteroatoms. The number of carbonyl (C=O) groups excluding carboxylic acids is 1.